The molecule has 3 rings (SSSR count). The van der Waals surface area contributed by atoms with Crippen molar-refractivity contribution in [2.24, 2.45) is 0 Å². The molecule has 0 unspecified atom stereocenters. The first-order chi connectivity index (χ1) is 16.2. The van der Waals surface area contributed by atoms with E-state index in [0.717, 1.165) is 26.9 Å². The second kappa shape index (κ2) is 11.4. The van der Waals surface area contributed by atoms with Crippen molar-refractivity contribution in [3.8, 4) is 0 Å². The van der Waals surface area contributed by atoms with Crippen LogP contribution >= 0.6 is 22.9 Å². The van der Waals surface area contributed by atoms with Crippen molar-refractivity contribution in [2.75, 3.05) is 13.1 Å². The van der Waals surface area contributed by atoms with Crippen molar-refractivity contribution in [2.45, 2.75) is 18.0 Å². The smallest absolute Gasteiger partial charge is 0.289 e. The first-order valence-corrected chi connectivity index (χ1v) is 12.8. The van der Waals surface area contributed by atoms with Gasteiger partial charge in [-0.3, -0.25) is 14.9 Å². The van der Waals surface area contributed by atoms with Gasteiger partial charge in [0.25, 0.3) is 5.69 Å². The van der Waals surface area contributed by atoms with Gasteiger partial charge < -0.3 is 4.90 Å². The molecular formula is C23H22ClN3O5S2. The molecule has 0 aliphatic heterocycles. The number of carbonyl (C=O) groups excluding carboxylic acids is 1. The fraction of sp³-hybridized carbons (Fsp3) is 0.174. The molecule has 2 aromatic carbocycles. The zero-order valence-corrected chi connectivity index (χ0v) is 20.4. The third kappa shape index (κ3) is 6.29. The molecule has 8 nitrogen and oxygen atoms in total. The molecule has 0 fully saturated rings. The maximum absolute atomic E-state index is 13.3. The Labute approximate surface area is 206 Å². The number of benzene rings is 2. The highest BCUT2D eigenvalue weighted by molar-refractivity contribution is 7.89. The second-order valence-electron chi connectivity index (χ2n) is 7.27. The summed E-state index contributed by atoms with van der Waals surface area (Å²) in [6.07, 6.45) is 1.36. The number of amides is 1. The third-order valence-corrected chi connectivity index (χ3v) is 7.88. The molecule has 0 saturated heterocycles. The summed E-state index contributed by atoms with van der Waals surface area (Å²) in [6, 6.07) is 16.4. The van der Waals surface area contributed by atoms with E-state index in [4.69, 9.17) is 11.6 Å². The van der Waals surface area contributed by atoms with Gasteiger partial charge in [0, 0.05) is 24.0 Å². The standard InChI is InChI=1S/C23H22ClN3O5S2/c1-2-12-26(34(31,32)20-10-11-21(24)22(14-20)27(29)30)17-23(28)25(16-19-9-6-13-33-19)15-18-7-4-3-5-8-18/h2-11,13-14H,1,12,15-17H2. The highest BCUT2D eigenvalue weighted by Gasteiger charge is 2.30. The summed E-state index contributed by atoms with van der Waals surface area (Å²) < 4.78 is 27.5. The third-order valence-electron chi connectivity index (χ3n) is 4.89. The summed E-state index contributed by atoms with van der Waals surface area (Å²) in [6.45, 7) is 3.60. The number of rotatable bonds is 11. The zero-order valence-electron chi connectivity index (χ0n) is 18.0. The first-order valence-electron chi connectivity index (χ1n) is 10.1. The van der Waals surface area contributed by atoms with Gasteiger partial charge in [0.1, 0.15) is 5.02 Å². The van der Waals surface area contributed by atoms with Crippen LogP contribution in [0.1, 0.15) is 10.4 Å². The average molecular weight is 520 g/mol. The number of nitrogens with zero attached hydrogens (tertiary/aromatic N) is 3. The normalized spacial score (nSPS) is 11.4. The van der Waals surface area contributed by atoms with Crippen LogP contribution in [0.2, 0.25) is 5.02 Å². The number of hydrogen-bond donors (Lipinski definition) is 0. The fourth-order valence-electron chi connectivity index (χ4n) is 3.21. The van der Waals surface area contributed by atoms with Crippen molar-refractivity contribution < 1.29 is 18.1 Å². The Bertz CT molecular complexity index is 1270. The Kier molecular flexibility index (Phi) is 8.56. The first kappa shape index (κ1) is 25.6. The summed E-state index contributed by atoms with van der Waals surface area (Å²) in [7, 11) is -4.25. The lowest BCUT2D eigenvalue weighted by Crippen LogP contribution is -2.42. The van der Waals surface area contributed by atoms with E-state index in [1.54, 1.807) is 4.90 Å². The van der Waals surface area contributed by atoms with Gasteiger partial charge in [-0.1, -0.05) is 54.1 Å². The van der Waals surface area contributed by atoms with Gasteiger partial charge in [-0.05, 0) is 29.1 Å². The Morgan fingerprint density at radius 2 is 1.85 bits per heavy atom. The molecule has 0 aliphatic rings. The number of thiophene rings is 1. The summed E-state index contributed by atoms with van der Waals surface area (Å²) >= 11 is 7.32. The highest BCUT2D eigenvalue weighted by atomic mass is 35.5. The largest absolute Gasteiger partial charge is 0.332 e. The fourth-order valence-corrected chi connectivity index (χ4v) is 5.50. The van der Waals surface area contributed by atoms with E-state index in [2.05, 4.69) is 6.58 Å². The molecule has 1 amide bonds. The maximum Gasteiger partial charge on any atom is 0.289 e. The molecule has 0 radical (unpaired) electrons. The quantitative estimate of drug-likeness (QED) is 0.207. The summed E-state index contributed by atoms with van der Waals surface area (Å²) in [5, 5.41) is 13.0. The monoisotopic (exact) mass is 519 g/mol. The molecule has 3 aromatic rings. The molecule has 1 heterocycles. The van der Waals surface area contributed by atoms with E-state index in [1.807, 2.05) is 47.8 Å². The van der Waals surface area contributed by atoms with Gasteiger partial charge in [-0.2, -0.15) is 4.31 Å². The highest BCUT2D eigenvalue weighted by Crippen LogP contribution is 2.28. The van der Waals surface area contributed by atoms with E-state index in [1.165, 1.54) is 23.5 Å². The van der Waals surface area contributed by atoms with Gasteiger partial charge in [0.05, 0.1) is 22.9 Å². The Balaban J connectivity index is 1.89. The van der Waals surface area contributed by atoms with Gasteiger partial charge in [0.15, 0.2) is 0 Å². The topological polar surface area (TPSA) is 101 Å². The molecular weight excluding hydrogens is 498 g/mol. The van der Waals surface area contributed by atoms with E-state index in [9.17, 15) is 23.3 Å². The predicted octanol–water partition coefficient (Wildman–Crippen LogP) is 4.72. The van der Waals surface area contributed by atoms with E-state index < -0.39 is 33.1 Å². The Morgan fingerprint density at radius 3 is 2.47 bits per heavy atom. The minimum Gasteiger partial charge on any atom is -0.332 e. The van der Waals surface area contributed by atoms with Crippen molar-refractivity contribution in [3.63, 3.8) is 0 Å². The van der Waals surface area contributed by atoms with Crippen LogP contribution < -0.4 is 0 Å². The van der Waals surface area contributed by atoms with Crippen molar-refractivity contribution >= 4 is 44.6 Å². The van der Waals surface area contributed by atoms with Gasteiger partial charge in [0.2, 0.25) is 15.9 Å². The van der Waals surface area contributed by atoms with Crippen LogP contribution in [0.5, 0.6) is 0 Å². The Hall–Kier alpha value is -3.05. The number of nitro groups is 1. The molecule has 1 aromatic heterocycles. The van der Waals surface area contributed by atoms with E-state index in [-0.39, 0.29) is 16.5 Å². The number of carbonyl (C=O) groups is 1. The predicted molar refractivity (Wildman–Crippen MR) is 132 cm³/mol. The van der Waals surface area contributed by atoms with Crippen LogP contribution in [0.25, 0.3) is 0 Å². The maximum atomic E-state index is 13.3. The molecule has 0 spiro atoms. The van der Waals surface area contributed by atoms with E-state index in [0.29, 0.717) is 13.1 Å². The summed E-state index contributed by atoms with van der Waals surface area (Å²) in [4.78, 5) is 26.0. The van der Waals surface area contributed by atoms with Gasteiger partial charge >= 0.3 is 0 Å². The van der Waals surface area contributed by atoms with E-state index >= 15 is 0 Å². The molecule has 34 heavy (non-hydrogen) atoms. The average Bonchev–Trinajstić information content (AvgIpc) is 3.32. The molecule has 11 heteroatoms. The van der Waals surface area contributed by atoms with Crippen LogP contribution in [0.3, 0.4) is 0 Å². The second-order valence-corrected chi connectivity index (χ2v) is 10.6. The minimum absolute atomic E-state index is 0.150. The lowest BCUT2D eigenvalue weighted by atomic mass is 10.2. The molecule has 0 bridgehead atoms. The van der Waals surface area contributed by atoms with Gasteiger partial charge in [-0.25, -0.2) is 8.42 Å². The zero-order chi connectivity index (χ0) is 24.7. The molecule has 0 saturated carbocycles. The molecule has 178 valence electrons. The molecule has 0 aliphatic carbocycles. The van der Waals surface area contributed by atoms with Crippen molar-refractivity contribution in [1.29, 1.82) is 0 Å². The van der Waals surface area contributed by atoms with Crippen LogP contribution in [0.4, 0.5) is 5.69 Å². The number of sulfonamides is 1. The van der Waals surface area contributed by atoms with Crippen molar-refractivity contribution in [1.82, 2.24) is 9.21 Å². The Morgan fingerprint density at radius 1 is 1.12 bits per heavy atom. The summed E-state index contributed by atoms with van der Waals surface area (Å²) in [5.74, 6) is -0.411. The van der Waals surface area contributed by atoms with Crippen LogP contribution in [-0.4, -0.2) is 41.5 Å². The van der Waals surface area contributed by atoms with Crippen LogP contribution in [0.15, 0.2) is 83.6 Å². The number of halogens is 1. The molecule has 0 N–H and O–H groups in total. The lowest BCUT2D eigenvalue weighted by molar-refractivity contribution is -0.384. The summed E-state index contributed by atoms with van der Waals surface area (Å²) in [5.41, 5.74) is 0.370. The SMILES string of the molecule is C=CCN(CC(=O)N(Cc1ccccc1)Cc1cccs1)S(=O)(=O)c1ccc(Cl)c([N+](=O)[O-])c1. The van der Waals surface area contributed by atoms with Crippen LogP contribution in [0, 0.1) is 10.1 Å². The van der Waals surface area contributed by atoms with Crippen molar-refractivity contribution in [3.05, 3.63) is 104 Å². The number of hydrogen-bond acceptors (Lipinski definition) is 6. The molecule has 0 atom stereocenters. The van der Waals surface area contributed by atoms with Gasteiger partial charge in [-0.15, -0.1) is 17.9 Å². The minimum atomic E-state index is -4.25. The van der Waals surface area contributed by atoms with Crippen LogP contribution in [-0.2, 0) is 27.9 Å². The lowest BCUT2D eigenvalue weighted by Gasteiger charge is -2.26. The number of nitro benzene ring substituents is 1.